The Balaban J connectivity index is 2.65. The van der Waals surface area contributed by atoms with Gasteiger partial charge in [-0.05, 0) is 36.8 Å². The molecule has 0 aliphatic heterocycles. The Morgan fingerprint density at radius 2 is 1.93 bits per heavy atom. The molecule has 2 nitrogen and oxygen atoms in total. The van der Waals surface area contributed by atoms with Crippen LogP contribution in [0.2, 0.25) is 0 Å². The molecular formula is C10H13BrN2S. The Hall–Kier alpha value is -0.610. The van der Waals surface area contributed by atoms with E-state index in [1.165, 1.54) is 5.56 Å². The smallest absolute Gasteiger partial charge is 0.166 e. The molecule has 1 atom stereocenters. The third kappa shape index (κ3) is 3.27. The Labute approximate surface area is 98.2 Å². The van der Waals surface area contributed by atoms with Gasteiger partial charge in [-0.25, -0.2) is 0 Å². The van der Waals surface area contributed by atoms with Crippen LogP contribution < -0.4 is 10.6 Å². The van der Waals surface area contributed by atoms with Crippen LogP contribution in [0.3, 0.4) is 0 Å². The summed E-state index contributed by atoms with van der Waals surface area (Å²) in [4.78, 5) is 0. The summed E-state index contributed by atoms with van der Waals surface area (Å²) >= 11 is 8.43. The van der Waals surface area contributed by atoms with Gasteiger partial charge < -0.3 is 10.6 Å². The topological polar surface area (TPSA) is 24.1 Å². The van der Waals surface area contributed by atoms with Crippen molar-refractivity contribution in [3.05, 3.63) is 34.3 Å². The van der Waals surface area contributed by atoms with Crippen molar-refractivity contribution in [3.63, 3.8) is 0 Å². The highest BCUT2D eigenvalue weighted by Crippen LogP contribution is 2.16. The fourth-order valence-corrected chi connectivity index (χ4v) is 1.54. The Bertz CT molecular complexity index is 310. The van der Waals surface area contributed by atoms with E-state index in [4.69, 9.17) is 12.2 Å². The highest BCUT2D eigenvalue weighted by molar-refractivity contribution is 9.10. The third-order valence-electron chi connectivity index (χ3n) is 1.94. The molecule has 0 saturated carbocycles. The average Bonchev–Trinajstić information content (AvgIpc) is 2.18. The van der Waals surface area contributed by atoms with Crippen molar-refractivity contribution < 1.29 is 0 Å². The molecule has 2 N–H and O–H groups in total. The Morgan fingerprint density at radius 1 is 1.36 bits per heavy atom. The lowest BCUT2D eigenvalue weighted by Crippen LogP contribution is -2.34. The zero-order valence-corrected chi connectivity index (χ0v) is 10.6. The lowest BCUT2D eigenvalue weighted by Gasteiger charge is -2.15. The van der Waals surface area contributed by atoms with E-state index in [0.717, 1.165) is 4.47 Å². The van der Waals surface area contributed by atoms with Crippen LogP contribution in [0.4, 0.5) is 0 Å². The highest BCUT2D eigenvalue weighted by Gasteiger charge is 2.04. The van der Waals surface area contributed by atoms with Crippen LogP contribution in [-0.4, -0.2) is 12.2 Å². The number of halogens is 1. The van der Waals surface area contributed by atoms with Gasteiger partial charge in [0.05, 0.1) is 6.04 Å². The minimum atomic E-state index is 0.225. The molecule has 1 rings (SSSR count). The van der Waals surface area contributed by atoms with Gasteiger partial charge in [0.2, 0.25) is 0 Å². The first-order valence-electron chi connectivity index (χ1n) is 4.37. The maximum Gasteiger partial charge on any atom is 0.166 e. The maximum absolute atomic E-state index is 5.03. The molecule has 1 unspecified atom stereocenters. The number of thiocarbonyl (C=S) groups is 1. The van der Waals surface area contributed by atoms with Crippen LogP contribution in [-0.2, 0) is 0 Å². The van der Waals surface area contributed by atoms with E-state index in [0.29, 0.717) is 5.11 Å². The molecule has 1 aromatic rings. The van der Waals surface area contributed by atoms with Crippen LogP contribution in [0.15, 0.2) is 28.7 Å². The van der Waals surface area contributed by atoms with Crippen molar-refractivity contribution in [3.8, 4) is 0 Å². The molecule has 76 valence electrons. The summed E-state index contributed by atoms with van der Waals surface area (Å²) in [6.07, 6.45) is 0. The predicted octanol–water partition coefficient (Wildman–Crippen LogP) is 2.60. The van der Waals surface area contributed by atoms with E-state index >= 15 is 0 Å². The van der Waals surface area contributed by atoms with Gasteiger partial charge in [0.25, 0.3) is 0 Å². The highest BCUT2D eigenvalue weighted by atomic mass is 79.9. The van der Waals surface area contributed by atoms with Crippen LogP contribution in [0, 0.1) is 0 Å². The summed E-state index contributed by atoms with van der Waals surface area (Å²) in [5, 5.41) is 6.73. The van der Waals surface area contributed by atoms with Gasteiger partial charge >= 0.3 is 0 Å². The third-order valence-corrected chi connectivity index (χ3v) is 2.80. The van der Waals surface area contributed by atoms with Crippen LogP contribution in [0.5, 0.6) is 0 Å². The number of nitrogens with one attached hydrogen (secondary N) is 2. The van der Waals surface area contributed by atoms with E-state index in [9.17, 15) is 0 Å². The van der Waals surface area contributed by atoms with Crippen LogP contribution in [0.25, 0.3) is 0 Å². The van der Waals surface area contributed by atoms with Crippen LogP contribution >= 0.6 is 28.1 Å². The fourth-order valence-electron chi connectivity index (χ4n) is 1.10. The normalized spacial score (nSPS) is 11.9. The minimum absolute atomic E-state index is 0.225. The predicted molar refractivity (Wildman–Crippen MR) is 67.4 cm³/mol. The Morgan fingerprint density at radius 3 is 2.43 bits per heavy atom. The van der Waals surface area contributed by atoms with Crippen molar-refractivity contribution in [1.29, 1.82) is 0 Å². The van der Waals surface area contributed by atoms with E-state index < -0.39 is 0 Å². The lowest BCUT2D eigenvalue weighted by atomic mass is 10.1. The van der Waals surface area contributed by atoms with Gasteiger partial charge in [0.1, 0.15) is 0 Å². The molecule has 0 saturated heterocycles. The zero-order chi connectivity index (χ0) is 10.6. The molecular weight excluding hydrogens is 260 g/mol. The summed E-state index contributed by atoms with van der Waals surface area (Å²) in [6.45, 7) is 2.08. The van der Waals surface area contributed by atoms with E-state index in [-0.39, 0.29) is 6.04 Å². The molecule has 1 aromatic carbocycles. The molecule has 0 heterocycles. The first-order valence-corrected chi connectivity index (χ1v) is 5.57. The minimum Gasteiger partial charge on any atom is -0.366 e. The number of benzene rings is 1. The second kappa shape index (κ2) is 5.32. The molecule has 0 aromatic heterocycles. The molecule has 0 aliphatic rings. The first-order chi connectivity index (χ1) is 6.63. The molecule has 4 heteroatoms. The first kappa shape index (κ1) is 11.5. The summed E-state index contributed by atoms with van der Waals surface area (Å²) < 4.78 is 1.09. The van der Waals surface area contributed by atoms with Crippen molar-refractivity contribution in [2.75, 3.05) is 7.05 Å². The van der Waals surface area contributed by atoms with Crippen LogP contribution in [0.1, 0.15) is 18.5 Å². The summed E-state index contributed by atoms with van der Waals surface area (Å²) in [7, 11) is 1.81. The van der Waals surface area contributed by atoms with Gasteiger partial charge in [-0.3, -0.25) is 0 Å². The largest absolute Gasteiger partial charge is 0.366 e. The summed E-state index contributed by atoms with van der Waals surface area (Å²) in [6, 6.07) is 8.41. The standard InChI is InChI=1S/C10H13BrN2S/c1-7(13-10(14)12-2)8-3-5-9(11)6-4-8/h3-7H,1-2H3,(H2,12,13,14). The monoisotopic (exact) mass is 272 g/mol. The van der Waals surface area contributed by atoms with Crippen molar-refractivity contribution in [2.24, 2.45) is 0 Å². The molecule has 0 radical (unpaired) electrons. The van der Waals surface area contributed by atoms with Crippen molar-refractivity contribution in [1.82, 2.24) is 10.6 Å². The van der Waals surface area contributed by atoms with Gasteiger partial charge in [-0.2, -0.15) is 0 Å². The summed E-state index contributed by atoms with van der Waals surface area (Å²) in [5.74, 6) is 0. The molecule has 0 bridgehead atoms. The average molecular weight is 273 g/mol. The Kier molecular flexibility index (Phi) is 4.35. The zero-order valence-electron chi connectivity index (χ0n) is 8.17. The number of hydrogen-bond donors (Lipinski definition) is 2. The quantitative estimate of drug-likeness (QED) is 0.810. The van der Waals surface area contributed by atoms with Crippen molar-refractivity contribution in [2.45, 2.75) is 13.0 Å². The molecule has 0 spiro atoms. The maximum atomic E-state index is 5.03. The van der Waals surface area contributed by atoms with E-state index in [1.54, 1.807) is 0 Å². The second-order valence-corrected chi connectivity index (χ2v) is 4.32. The lowest BCUT2D eigenvalue weighted by molar-refractivity contribution is 0.709. The van der Waals surface area contributed by atoms with Gasteiger partial charge in [0.15, 0.2) is 5.11 Å². The second-order valence-electron chi connectivity index (χ2n) is 3.00. The van der Waals surface area contributed by atoms with Gasteiger partial charge in [-0.1, -0.05) is 28.1 Å². The molecule has 0 aliphatic carbocycles. The number of rotatable bonds is 2. The van der Waals surface area contributed by atoms with E-state index in [2.05, 4.69) is 45.6 Å². The fraction of sp³-hybridized carbons (Fsp3) is 0.300. The number of hydrogen-bond acceptors (Lipinski definition) is 1. The van der Waals surface area contributed by atoms with E-state index in [1.807, 2.05) is 19.2 Å². The van der Waals surface area contributed by atoms with Gasteiger partial charge in [-0.15, -0.1) is 0 Å². The van der Waals surface area contributed by atoms with Crippen molar-refractivity contribution >= 4 is 33.3 Å². The van der Waals surface area contributed by atoms with Gasteiger partial charge in [0, 0.05) is 11.5 Å². The summed E-state index contributed by atoms with van der Waals surface area (Å²) in [5.41, 5.74) is 1.21. The molecule has 0 amide bonds. The molecule has 0 fully saturated rings. The molecule has 14 heavy (non-hydrogen) atoms. The SMILES string of the molecule is CNC(=S)NC(C)c1ccc(Br)cc1.